The molecule has 0 amide bonds. The van der Waals surface area contributed by atoms with Crippen molar-refractivity contribution < 1.29 is 5.11 Å². The lowest BCUT2D eigenvalue weighted by molar-refractivity contribution is -0.397. The number of rotatable bonds is 2. The molecule has 0 aliphatic heterocycles. The Kier molecular flexibility index (Phi) is 4.55. The van der Waals surface area contributed by atoms with Gasteiger partial charge in [-0.25, -0.2) is 0 Å². The lowest BCUT2D eigenvalue weighted by atomic mass is 10.0. The Hall–Kier alpha value is -2.30. The molecule has 94 valence electrons. The predicted molar refractivity (Wildman–Crippen MR) is 77.2 cm³/mol. The number of allylic oxidation sites excluding steroid dienone is 1. The molecule has 0 saturated carbocycles. The average Bonchev–Trinajstić information content (AvgIpc) is 2.45. The van der Waals surface area contributed by atoms with Crippen molar-refractivity contribution >= 4 is 5.57 Å². The van der Waals surface area contributed by atoms with Crippen LogP contribution in [-0.4, -0.2) is 6.10 Å². The van der Waals surface area contributed by atoms with E-state index in [1.165, 1.54) is 0 Å². The van der Waals surface area contributed by atoms with Crippen LogP contribution in [0.2, 0.25) is 0 Å². The molecule has 0 bridgehead atoms. The summed E-state index contributed by atoms with van der Waals surface area (Å²) < 4.78 is 0. The van der Waals surface area contributed by atoms with Crippen LogP contribution in [0.25, 0.3) is 5.57 Å². The molecular weight excluding hydrogens is 232 g/mol. The highest BCUT2D eigenvalue weighted by Gasteiger charge is 1.96. The first kappa shape index (κ1) is 13.1. The van der Waals surface area contributed by atoms with Gasteiger partial charge in [0.1, 0.15) is 0 Å². The average molecular weight is 247 g/mol. The Labute approximate surface area is 114 Å². The van der Waals surface area contributed by atoms with E-state index >= 15 is 0 Å². The first-order valence-electron chi connectivity index (χ1n) is 6.26. The molecule has 1 unspecified atom stereocenters. The molecule has 0 aliphatic rings. The Balaban J connectivity index is 2.34. The molecule has 2 aromatic rings. The first-order valence-corrected chi connectivity index (χ1v) is 6.26. The largest absolute Gasteiger partial charge is 0.849 e. The van der Waals surface area contributed by atoms with Crippen molar-refractivity contribution in [3.05, 3.63) is 77.9 Å². The van der Waals surface area contributed by atoms with E-state index in [9.17, 15) is 5.11 Å². The van der Waals surface area contributed by atoms with Gasteiger partial charge in [0, 0.05) is 11.1 Å². The van der Waals surface area contributed by atoms with Gasteiger partial charge in [0.05, 0.1) is 0 Å². The van der Waals surface area contributed by atoms with Crippen molar-refractivity contribution in [3.8, 4) is 11.8 Å². The summed E-state index contributed by atoms with van der Waals surface area (Å²) in [4.78, 5) is 0. The van der Waals surface area contributed by atoms with Gasteiger partial charge in [0.15, 0.2) is 0 Å². The van der Waals surface area contributed by atoms with E-state index in [4.69, 9.17) is 0 Å². The third-order valence-electron chi connectivity index (χ3n) is 2.60. The second-order valence-corrected chi connectivity index (χ2v) is 4.27. The Morgan fingerprint density at radius 3 is 2.16 bits per heavy atom. The van der Waals surface area contributed by atoms with E-state index in [1.54, 1.807) is 13.0 Å². The lowest BCUT2D eigenvalue weighted by Crippen LogP contribution is -2.17. The summed E-state index contributed by atoms with van der Waals surface area (Å²) >= 11 is 0. The second-order valence-electron chi connectivity index (χ2n) is 4.27. The van der Waals surface area contributed by atoms with Crippen LogP contribution in [0.1, 0.15) is 18.1 Å². The zero-order valence-corrected chi connectivity index (χ0v) is 10.8. The molecule has 0 spiro atoms. The molecule has 0 saturated heterocycles. The molecule has 2 aromatic carbocycles. The summed E-state index contributed by atoms with van der Waals surface area (Å²) in [7, 11) is 0. The van der Waals surface area contributed by atoms with Gasteiger partial charge >= 0.3 is 0 Å². The highest BCUT2D eigenvalue weighted by atomic mass is 16.3. The zero-order valence-electron chi connectivity index (χ0n) is 10.8. The van der Waals surface area contributed by atoms with E-state index < -0.39 is 6.10 Å². The van der Waals surface area contributed by atoms with Crippen molar-refractivity contribution in [1.29, 1.82) is 0 Å². The standard InChI is InChI=1S/C18H15O/c1-15(19)14-18(17-10-6-3-7-11-17)13-12-16-8-4-2-5-9-16/h2-11,14-15H,1H3/q-1/b18-14+. The molecule has 1 atom stereocenters. The van der Waals surface area contributed by atoms with E-state index in [2.05, 4.69) is 11.8 Å². The minimum Gasteiger partial charge on any atom is -0.849 e. The van der Waals surface area contributed by atoms with Crippen molar-refractivity contribution in [1.82, 2.24) is 0 Å². The highest BCUT2D eigenvalue weighted by molar-refractivity contribution is 5.79. The number of benzene rings is 2. The zero-order chi connectivity index (χ0) is 13.5. The molecule has 0 aromatic heterocycles. The molecule has 1 nitrogen and oxygen atoms in total. The fraction of sp³-hybridized carbons (Fsp3) is 0.111. The molecule has 0 N–H and O–H groups in total. The SMILES string of the molecule is CC([O-])/C=C(\C#Cc1ccccc1)c1ccccc1. The summed E-state index contributed by atoms with van der Waals surface area (Å²) in [5, 5.41) is 11.4. The van der Waals surface area contributed by atoms with Gasteiger partial charge in [0.2, 0.25) is 0 Å². The van der Waals surface area contributed by atoms with Crippen LogP contribution < -0.4 is 5.11 Å². The third-order valence-corrected chi connectivity index (χ3v) is 2.60. The fourth-order valence-electron chi connectivity index (χ4n) is 1.72. The van der Waals surface area contributed by atoms with Crippen molar-refractivity contribution in [2.45, 2.75) is 13.0 Å². The quantitative estimate of drug-likeness (QED) is 0.748. The maximum atomic E-state index is 11.4. The summed E-state index contributed by atoms with van der Waals surface area (Å²) in [5.41, 5.74) is 2.71. The van der Waals surface area contributed by atoms with Crippen LogP contribution >= 0.6 is 0 Å². The molecule has 2 rings (SSSR count). The van der Waals surface area contributed by atoms with Crippen LogP contribution in [0.5, 0.6) is 0 Å². The van der Waals surface area contributed by atoms with E-state index in [0.29, 0.717) is 0 Å². The van der Waals surface area contributed by atoms with Gasteiger partial charge in [-0.3, -0.25) is 0 Å². The van der Waals surface area contributed by atoms with Crippen LogP contribution in [0.3, 0.4) is 0 Å². The van der Waals surface area contributed by atoms with Crippen molar-refractivity contribution in [2.24, 2.45) is 0 Å². The van der Waals surface area contributed by atoms with Crippen molar-refractivity contribution in [2.75, 3.05) is 0 Å². The van der Waals surface area contributed by atoms with Gasteiger partial charge in [-0.15, -0.1) is 6.10 Å². The lowest BCUT2D eigenvalue weighted by Gasteiger charge is -2.11. The van der Waals surface area contributed by atoms with Crippen LogP contribution in [0.15, 0.2) is 66.7 Å². The van der Waals surface area contributed by atoms with Gasteiger partial charge in [-0.2, -0.15) is 0 Å². The molecule has 0 heterocycles. The van der Waals surface area contributed by atoms with Crippen molar-refractivity contribution in [3.63, 3.8) is 0 Å². The van der Waals surface area contributed by atoms with Crippen LogP contribution in [0.4, 0.5) is 0 Å². The smallest absolute Gasteiger partial charge is 0.0270 e. The van der Waals surface area contributed by atoms with Gasteiger partial charge < -0.3 is 5.11 Å². The van der Waals surface area contributed by atoms with Gasteiger partial charge in [-0.05, 0) is 17.7 Å². The van der Waals surface area contributed by atoms with E-state index in [-0.39, 0.29) is 0 Å². The highest BCUT2D eigenvalue weighted by Crippen LogP contribution is 2.13. The molecule has 0 fully saturated rings. The minimum atomic E-state index is -0.764. The summed E-state index contributed by atoms with van der Waals surface area (Å²) in [6.07, 6.45) is 0.894. The Morgan fingerprint density at radius 2 is 1.58 bits per heavy atom. The molecule has 0 aliphatic carbocycles. The third kappa shape index (κ3) is 4.13. The molecule has 19 heavy (non-hydrogen) atoms. The van der Waals surface area contributed by atoms with E-state index in [1.807, 2.05) is 60.7 Å². The fourth-order valence-corrected chi connectivity index (χ4v) is 1.72. The second kappa shape index (κ2) is 6.58. The maximum Gasteiger partial charge on any atom is 0.0270 e. The Morgan fingerprint density at radius 1 is 1.00 bits per heavy atom. The van der Waals surface area contributed by atoms with Crippen LogP contribution in [0, 0.1) is 11.8 Å². The molecular formula is C18H15O-. The van der Waals surface area contributed by atoms with Gasteiger partial charge in [-0.1, -0.05) is 73.4 Å². The number of hydrogen-bond donors (Lipinski definition) is 0. The predicted octanol–water partition coefficient (Wildman–Crippen LogP) is 2.87. The number of hydrogen-bond acceptors (Lipinski definition) is 1. The summed E-state index contributed by atoms with van der Waals surface area (Å²) in [5.74, 6) is 6.19. The maximum absolute atomic E-state index is 11.4. The molecule has 0 radical (unpaired) electrons. The monoisotopic (exact) mass is 247 g/mol. The normalized spacial score (nSPS) is 12.4. The minimum absolute atomic E-state index is 0.764. The first-order chi connectivity index (χ1) is 9.25. The topological polar surface area (TPSA) is 23.1 Å². The summed E-state index contributed by atoms with van der Waals surface area (Å²) in [6, 6.07) is 19.5. The van der Waals surface area contributed by atoms with E-state index in [0.717, 1.165) is 16.7 Å². The summed E-state index contributed by atoms with van der Waals surface area (Å²) in [6.45, 7) is 1.62. The van der Waals surface area contributed by atoms with Crippen LogP contribution in [-0.2, 0) is 0 Å². The van der Waals surface area contributed by atoms with Gasteiger partial charge in [0.25, 0.3) is 0 Å². The molecule has 1 heteroatoms. The Bertz CT molecular complexity index is 598.